The van der Waals surface area contributed by atoms with Crippen LogP contribution in [0.3, 0.4) is 0 Å². The molecule has 1 fully saturated rings. The van der Waals surface area contributed by atoms with Crippen molar-refractivity contribution in [3.63, 3.8) is 0 Å². The first-order chi connectivity index (χ1) is 10.5. The van der Waals surface area contributed by atoms with Crippen LogP contribution in [0.4, 0.5) is 0 Å². The number of aromatic nitrogens is 3. The van der Waals surface area contributed by atoms with Crippen LogP contribution in [0, 0.1) is 6.92 Å². The van der Waals surface area contributed by atoms with Gasteiger partial charge in [-0.2, -0.15) is 5.10 Å². The Kier molecular flexibility index (Phi) is 4.08. The molecule has 1 aliphatic heterocycles. The minimum absolute atomic E-state index is 0.254. The van der Waals surface area contributed by atoms with E-state index in [1.807, 2.05) is 24.9 Å². The predicted molar refractivity (Wildman–Crippen MR) is 84.2 cm³/mol. The third-order valence-corrected chi connectivity index (χ3v) is 4.17. The van der Waals surface area contributed by atoms with Crippen molar-refractivity contribution in [1.29, 1.82) is 0 Å². The fourth-order valence-electron chi connectivity index (χ4n) is 3.02. The number of hydrogen-bond acceptors (Lipinski definition) is 5. The molecule has 0 aromatic carbocycles. The van der Waals surface area contributed by atoms with Gasteiger partial charge in [0.2, 0.25) is 5.91 Å². The molecule has 2 N–H and O–H groups in total. The molecule has 3 heterocycles. The van der Waals surface area contributed by atoms with Gasteiger partial charge in [-0.25, -0.2) is 4.98 Å². The Bertz CT molecular complexity index is 687. The Morgan fingerprint density at radius 1 is 1.27 bits per heavy atom. The molecule has 1 saturated heterocycles. The topological polar surface area (TPSA) is 80.3 Å². The lowest BCUT2D eigenvalue weighted by Gasteiger charge is -2.33. The van der Waals surface area contributed by atoms with Gasteiger partial charge in [0.05, 0.1) is 12.2 Å². The first kappa shape index (κ1) is 14.9. The van der Waals surface area contributed by atoms with Crippen molar-refractivity contribution in [3.05, 3.63) is 23.5 Å². The summed E-state index contributed by atoms with van der Waals surface area (Å²) in [5.41, 5.74) is 8.38. The van der Waals surface area contributed by atoms with Gasteiger partial charge in [0, 0.05) is 51.4 Å². The van der Waals surface area contributed by atoms with Crippen LogP contribution in [0.1, 0.15) is 11.3 Å². The largest absolute Gasteiger partial charge is 0.369 e. The van der Waals surface area contributed by atoms with Gasteiger partial charge in [-0.15, -0.1) is 0 Å². The smallest absolute Gasteiger partial charge is 0.231 e. The maximum Gasteiger partial charge on any atom is 0.231 e. The first-order valence-corrected chi connectivity index (χ1v) is 7.54. The number of primary amides is 1. The van der Waals surface area contributed by atoms with Crippen molar-refractivity contribution in [2.24, 2.45) is 12.8 Å². The average Bonchev–Trinajstić information content (AvgIpc) is 2.75. The lowest BCUT2D eigenvalue weighted by Crippen LogP contribution is -2.48. The SMILES string of the molecule is Cc1nn(C)c2ncc(CN3CCN(CC(N)=O)CC3)cc12. The van der Waals surface area contributed by atoms with Crippen LogP contribution in [-0.4, -0.2) is 63.2 Å². The normalized spacial score (nSPS) is 17.2. The number of carbonyl (C=O) groups is 1. The molecule has 0 saturated carbocycles. The van der Waals surface area contributed by atoms with E-state index in [1.54, 1.807) is 0 Å². The Morgan fingerprint density at radius 2 is 1.95 bits per heavy atom. The molecule has 0 aliphatic carbocycles. The quantitative estimate of drug-likeness (QED) is 0.851. The molecule has 3 rings (SSSR count). The zero-order valence-electron chi connectivity index (χ0n) is 13.1. The van der Waals surface area contributed by atoms with E-state index >= 15 is 0 Å². The van der Waals surface area contributed by atoms with Gasteiger partial charge in [0.1, 0.15) is 0 Å². The van der Waals surface area contributed by atoms with E-state index in [0.717, 1.165) is 49.5 Å². The summed E-state index contributed by atoms with van der Waals surface area (Å²) >= 11 is 0. The van der Waals surface area contributed by atoms with Gasteiger partial charge in [0.15, 0.2) is 5.65 Å². The lowest BCUT2D eigenvalue weighted by atomic mass is 10.2. The molecule has 7 nitrogen and oxygen atoms in total. The molecule has 0 unspecified atom stereocenters. The van der Waals surface area contributed by atoms with Gasteiger partial charge in [-0.1, -0.05) is 0 Å². The third kappa shape index (κ3) is 3.10. The molecule has 0 bridgehead atoms. The second-order valence-electron chi connectivity index (χ2n) is 5.94. The summed E-state index contributed by atoms with van der Waals surface area (Å²) < 4.78 is 1.82. The number of aryl methyl sites for hydroxylation is 2. The maximum atomic E-state index is 10.9. The Hall–Kier alpha value is -1.99. The van der Waals surface area contributed by atoms with Crippen molar-refractivity contribution in [1.82, 2.24) is 24.6 Å². The summed E-state index contributed by atoms with van der Waals surface area (Å²) in [5, 5.41) is 5.52. The van der Waals surface area contributed by atoms with E-state index in [9.17, 15) is 4.79 Å². The molecular formula is C15H22N6O. The lowest BCUT2D eigenvalue weighted by molar-refractivity contribution is -0.119. The molecule has 118 valence electrons. The summed E-state index contributed by atoms with van der Waals surface area (Å²) in [5.74, 6) is -0.254. The molecular weight excluding hydrogens is 280 g/mol. The van der Waals surface area contributed by atoms with E-state index in [-0.39, 0.29) is 5.91 Å². The molecule has 0 atom stereocenters. The molecule has 1 aliphatic rings. The van der Waals surface area contributed by atoms with Crippen LogP contribution >= 0.6 is 0 Å². The zero-order valence-corrected chi connectivity index (χ0v) is 13.1. The van der Waals surface area contributed by atoms with Gasteiger partial charge in [-0.3, -0.25) is 19.3 Å². The Morgan fingerprint density at radius 3 is 2.64 bits per heavy atom. The van der Waals surface area contributed by atoms with Gasteiger partial charge in [-0.05, 0) is 18.6 Å². The molecule has 22 heavy (non-hydrogen) atoms. The number of pyridine rings is 1. The number of nitrogens with zero attached hydrogens (tertiary/aromatic N) is 5. The number of piperazine rings is 1. The summed E-state index contributed by atoms with van der Waals surface area (Å²) in [4.78, 5) is 20.0. The Labute approximate surface area is 129 Å². The van der Waals surface area contributed by atoms with Gasteiger partial charge < -0.3 is 5.73 Å². The van der Waals surface area contributed by atoms with E-state index in [1.165, 1.54) is 5.56 Å². The fraction of sp³-hybridized carbons (Fsp3) is 0.533. The van der Waals surface area contributed by atoms with Crippen LogP contribution in [-0.2, 0) is 18.4 Å². The molecule has 0 spiro atoms. The molecule has 7 heteroatoms. The van der Waals surface area contributed by atoms with Crippen molar-refractivity contribution in [3.8, 4) is 0 Å². The standard InChI is InChI=1S/C15H22N6O/c1-11-13-7-12(8-17-15(13)19(2)18-11)9-20-3-5-21(6-4-20)10-14(16)22/h7-8H,3-6,9-10H2,1-2H3,(H2,16,22). The minimum Gasteiger partial charge on any atom is -0.369 e. The van der Waals surface area contributed by atoms with Gasteiger partial charge >= 0.3 is 0 Å². The zero-order chi connectivity index (χ0) is 15.7. The minimum atomic E-state index is -0.254. The second kappa shape index (κ2) is 6.02. The first-order valence-electron chi connectivity index (χ1n) is 7.54. The molecule has 0 radical (unpaired) electrons. The van der Waals surface area contributed by atoms with E-state index in [0.29, 0.717) is 6.54 Å². The number of carbonyl (C=O) groups excluding carboxylic acids is 1. The number of nitrogens with two attached hydrogens (primary N) is 1. The van der Waals surface area contributed by atoms with Gasteiger partial charge in [0.25, 0.3) is 0 Å². The van der Waals surface area contributed by atoms with E-state index < -0.39 is 0 Å². The highest BCUT2D eigenvalue weighted by Crippen LogP contribution is 2.18. The Balaban J connectivity index is 1.64. The number of amides is 1. The number of hydrogen-bond donors (Lipinski definition) is 1. The fourth-order valence-corrected chi connectivity index (χ4v) is 3.02. The maximum absolute atomic E-state index is 10.9. The van der Waals surface area contributed by atoms with Crippen molar-refractivity contribution < 1.29 is 4.79 Å². The average molecular weight is 302 g/mol. The van der Waals surface area contributed by atoms with Crippen LogP contribution in [0.5, 0.6) is 0 Å². The van der Waals surface area contributed by atoms with Crippen LogP contribution in [0.15, 0.2) is 12.3 Å². The summed E-state index contributed by atoms with van der Waals surface area (Å²) in [6.45, 7) is 6.89. The van der Waals surface area contributed by atoms with E-state index in [2.05, 4.69) is 25.9 Å². The number of rotatable bonds is 4. The molecule has 1 amide bonds. The second-order valence-corrected chi connectivity index (χ2v) is 5.94. The monoisotopic (exact) mass is 302 g/mol. The van der Waals surface area contributed by atoms with Crippen LogP contribution < -0.4 is 5.73 Å². The molecule has 2 aromatic heterocycles. The summed E-state index contributed by atoms with van der Waals surface area (Å²) in [7, 11) is 1.92. The predicted octanol–water partition coefficient (Wildman–Crippen LogP) is -0.120. The third-order valence-electron chi connectivity index (χ3n) is 4.17. The highest BCUT2D eigenvalue weighted by Gasteiger charge is 2.18. The van der Waals surface area contributed by atoms with Crippen LogP contribution in [0.25, 0.3) is 11.0 Å². The summed E-state index contributed by atoms with van der Waals surface area (Å²) in [6.07, 6.45) is 1.93. The highest BCUT2D eigenvalue weighted by molar-refractivity contribution is 5.78. The van der Waals surface area contributed by atoms with Crippen molar-refractivity contribution in [2.75, 3.05) is 32.7 Å². The van der Waals surface area contributed by atoms with Crippen molar-refractivity contribution in [2.45, 2.75) is 13.5 Å². The summed E-state index contributed by atoms with van der Waals surface area (Å²) in [6, 6.07) is 2.18. The molecule has 2 aromatic rings. The van der Waals surface area contributed by atoms with Crippen LogP contribution in [0.2, 0.25) is 0 Å². The highest BCUT2D eigenvalue weighted by atomic mass is 16.1. The van der Waals surface area contributed by atoms with E-state index in [4.69, 9.17) is 5.73 Å². The van der Waals surface area contributed by atoms with Crippen molar-refractivity contribution >= 4 is 16.9 Å². The number of fused-ring (bicyclic) bond motifs is 1.